The lowest BCUT2D eigenvalue weighted by molar-refractivity contribution is 0.106. The van der Waals surface area contributed by atoms with E-state index in [9.17, 15) is 9.18 Å². The molecule has 0 radical (unpaired) electrons. The van der Waals surface area contributed by atoms with Crippen LogP contribution in [0.25, 0.3) is 6.08 Å². The molecule has 1 amide bonds. The van der Waals surface area contributed by atoms with E-state index >= 15 is 0 Å². The fourth-order valence-electron chi connectivity index (χ4n) is 2.25. The molecule has 1 aliphatic heterocycles. The molecule has 0 saturated heterocycles. The zero-order valence-electron chi connectivity index (χ0n) is 12.1. The second-order valence-corrected chi connectivity index (χ2v) is 5.14. The van der Waals surface area contributed by atoms with Crippen LogP contribution in [0.1, 0.15) is 22.4 Å². The zero-order valence-corrected chi connectivity index (χ0v) is 12.1. The average Bonchev–Trinajstić information content (AvgIpc) is 2.53. The largest absolute Gasteiger partial charge is 0.443 e. The lowest BCUT2D eigenvalue weighted by Gasteiger charge is -2.22. The standard InChI is InChI=1S/C17H15FN2O2/c1-12-8-15(18)16(19-9-12)11-22-17(21)20-7-6-13-4-2-3-5-14(13)10-20/h2-9H,10-11H2,1H3. The summed E-state index contributed by atoms with van der Waals surface area (Å²) in [5.74, 6) is -0.465. The molecule has 2 heterocycles. The Hall–Kier alpha value is -2.69. The summed E-state index contributed by atoms with van der Waals surface area (Å²) in [5, 5.41) is 0. The number of benzene rings is 1. The van der Waals surface area contributed by atoms with Crippen LogP contribution in [0, 0.1) is 12.7 Å². The molecule has 1 aromatic carbocycles. The van der Waals surface area contributed by atoms with E-state index in [1.807, 2.05) is 30.3 Å². The van der Waals surface area contributed by atoms with Crippen molar-refractivity contribution in [3.8, 4) is 0 Å². The molecule has 0 unspecified atom stereocenters. The Balaban J connectivity index is 1.64. The zero-order chi connectivity index (χ0) is 15.5. The number of carbonyl (C=O) groups excluding carboxylic acids is 1. The predicted molar refractivity (Wildman–Crippen MR) is 80.1 cm³/mol. The minimum atomic E-state index is -0.521. The number of rotatable bonds is 2. The van der Waals surface area contributed by atoms with Crippen molar-refractivity contribution in [2.75, 3.05) is 0 Å². The molecule has 5 heteroatoms. The van der Waals surface area contributed by atoms with Crippen molar-refractivity contribution in [1.29, 1.82) is 0 Å². The van der Waals surface area contributed by atoms with Gasteiger partial charge >= 0.3 is 6.09 Å². The van der Waals surface area contributed by atoms with Crippen LogP contribution in [0.2, 0.25) is 0 Å². The van der Waals surface area contributed by atoms with E-state index in [1.165, 1.54) is 11.0 Å². The molecule has 1 aromatic heterocycles. The van der Waals surface area contributed by atoms with Crippen molar-refractivity contribution in [3.05, 3.63) is 70.9 Å². The highest BCUT2D eigenvalue weighted by Gasteiger charge is 2.18. The highest BCUT2D eigenvalue weighted by Crippen LogP contribution is 2.20. The molecular formula is C17H15FN2O2. The summed E-state index contributed by atoms with van der Waals surface area (Å²) in [6.45, 7) is 2.01. The van der Waals surface area contributed by atoms with Gasteiger partial charge in [-0.2, -0.15) is 0 Å². The molecule has 4 nitrogen and oxygen atoms in total. The van der Waals surface area contributed by atoms with Gasteiger partial charge in [0.2, 0.25) is 0 Å². The van der Waals surface area contributed by atoms with Crippen molar-refractivity contribution >= 4 is 12.2 Å². The maximum absolute atomic E-state index is 13.7. The van der Waals surface area contributed by atoms with Crippen LogP contribution in [0.4, 0.5) is 9.18 Å². The number of aromatic nitrogens is 1. The second kappa shape index (κ2) is 5.97. The van der Waals surface area contributed by atoms with Crippen LogP contribution in [-0.4, -0.2) is 16.0 Å². The molecular weight excluding hydrogens is 283 g/mol. The topological polar surface area (TPSA) is 42.4 Å². The summed E-state index contributed by atoms with van der Waals surface area (Å²) in [6.07, 6.45) is 4.55. The fourth-order valence-corrected chi connectivity index (χ4v) is 2.25. The minimum Gasteiger partial charge on any atom is -0.443 e. The Kier molecular flexibility index (Phi) is 3.87. The number of hydrogen-bond donors (Lipinski definition) is 0. The van der Waals surface area contributed by atoms with Crippen molar-refractivity contribution < 1.29 is 13.9 Å². The fraction of sp³-hybridized carbons (Fsp3) is 0.176. The van der Waals surface area contributed by atoms with E-state index in [2.05, 4.69) is 4.98 Å². The lowest BCUT2D eigenvalue weighted by Crippen LogP contribution is -2.28. The van der Waals surface area contributed by atoms with Crippen molar-refractivity contribution in [3.63, 3.8) is 0 Å². The maximum Gasteiger partial charge on any atom is 0.414 e. The Labute approximate surface area is 127 Å². The SMILES string of the molecule is Cc1cnc(COC(=O)N2C=Cc3ccccc3C2)c(F)c1. The minimum absolute atomic E-state index is 0.125. The quantitative estimate of drug-likeness (QED) is 0.850. The Morgan fingerprint density at radius 3 is 3.05 bits per heavy atom. The van der Waals surface area contributed by atoms with E-state index in [1.54, 1.807) is 19.3 Å². The summed E-state index contributed by atoms with van der Waals surface area (Å²) >= 11 is 0. The van der Waals surface area contributed by atoms with Gasteiger partial charge in [0.1, 0.15) is 18.1 Å². The molecule has 0 N–H and O–H groups in total. The smallest absolute Gasteiger partial charge is 0.414 e. The normalized spacial score (nSPS) is 12.9. The van der Waals surface area contributed by atoms with Crippen LogP contribution in [0.3, 0.4) is 0 Å². The van der Waals surface area contributed by atoms with Crippen LogP contribution < -0.4 is 0 Å². The Morgan fingerprint density at radius 2 is 2.23 bits per heavy atom. The first-order chi connectivity index (χ1) is 10.6. The van der Waals surface area contributed by atoms with Gasteiger partial charge in [-0.25, -0.2) is 9.18 Å². The van der Waals surface area contributed by atoms with Gasteiger partial charge in [-0.05, 0) is 35.8 Å². The lowest BCUT2D eigenvalue weighted by atomic mass is 10.1. The molecule has 0 atom stereocenters. The van der Waals surface area contributed by atoms with Gasteiger partial charge in [0.25, 0.3) is 0 Å². The first-order valence-corrected chi connectivity index (χ1v) is 6.94. The molecule has 3 rings (SSSR count). The number of hydrogen-bond acceptors (Lipinski definition) is 3. The summed E-state index contributed by atoms with van der Waals surface area (Å²) in [7, 11) is 0. The van der Waals surface area contributed by atoms with Crippen molar-refractivity contribution in [2.45, 2.75) is 20.1 Å². The molecule has 0 bridgehead atoms. The molecule has 22 heavy (non-hydrogen) atoms. The average molecular weight is 298 g/mol. The molecule has 0 fully saturated rings. The number of carbonyl (C=O) groups is 1. The van der Waals surface area contributed by atoms with Gasteiger partial charge in [0.05, 0.1) is 6.54 Å². The third kappa shape index (κ3) is 2.98. The van der Waals surface area contributed by atoms with Gasteiger partial charge < -0.3 is 4.74 Å². The first-order valence-electron chi connectivity index (χ1n) is 6.94. The van der Waals surface area contributed by atoms with Crippen molar-refractivity contribution in [1.82, 2.24) is 9.88 Å². The van der Waals surface area contributed by atoms with Crippen LogP contribution >= 0.6 is 0 Å². The van der Waals surface area contributed by atoms with E-state index in [0.717, 1.165) is 16.7 Å². The van der Waals surface area contributed by atoms with E-state index in [0.29, 0.717) is 6.54 Å². The first kappa shape index (κ1) is 14.3. The van der Waals surface area contributed by atoms with Gasteiger partial charge in [-0.15, -0.1) is 0 Å². The van der Waals surface area contributed by atoms with Crippen LogP contribution in [0.5, 0.6) is 0 Å². The highest BCUT2D eigenvalue weighted by molar-refractivity contribution is 5.72. The van der Waals surface area contributed by atoms with Gasteiger partial charge in [0.15, 0.2) is 0 Å². The number of pyridine rings is 1. The summed E-state index contributed by atoms with van der Waals surface area (Å²) in [5.41, 5.74) is 2.97. The molecule has 112 valence electrons. The second-order valence-electron chi connectivity index (χ2n) is 5.14. The number of halogens is 1. The third-order valence-corrected chi connectivity index (χ3v) is 3.45. The molecule has 2 aromatic rings. The predicted octanol–water partition coefficient (Wildman–Crippen LogP) is 3.65. The number of ether oxygens (including phenoxy) is 1. The highest BCUT2D eigenvalue weighted by atomic mass is 19.1. The van der Waals surface area contributed by atoms with Gasteiger partial charge in [-0.3, -0.25) is 9.88 Å². The Bertz CT molecular complexity index is 743. The van der Waals surface area contributed by atoms with Crippen LogP contribution in [-0.2, 0) is 17.9 Å². The number of fused-ring (bicyclic) bond motifs is 1. The monoisotopic (exact) mass is 298 g/mol. The van der Waals surface area contributed by atoms with E-state index < -0.39 is 11.9 Å². The molecule has 0 spiro atoms. The number of aryl methyl sites for hydroxylation is 1. The van der Waals surface area contributed by atoms with Gasteiger partial charge in [-0.1, -0.05) is 24.3 Å². The third-order valence-electron chi connectivity index (χ3n) is 3.45. The molecule has 0 saturated carbocycles. The summed E-state index contributed by atoms with van der Waals surface area (Å²) in [4.78, 5) is 17.5. The Morgan fingerprint density at radius 1 is 1.41 bits per heavy atom. The number of nitrogens with zero attached hydrogens (tertiary/aromatic N) is 2. The summed E-state index contributed by atoms with van der Waals surface area (Å²) < 4.78 is 18.8. The molecule has 1 aliphatic rings. The van der Waals surface area contributed by atoms with E-state index in [-0.39, 0.29) is 12.3 Å². The number of amides is 1. The summed E-state index contributed by atoms with van der Waals surface area (Å²) in [6, 6.07) is 9.18. The van der Waals surface area contributed by atoms with Gasteiger partial charge in [0, 0.05) is 12.4 Å². The molecule has 0 aliphatic carbocycles. The van der Waals surface area contributed by atoms with Crippen LogP contribution in [0.15, 0.2) is 42.7 Å². The van der Waals surface area contributed by atoms with E-state index in [4.69, 9.17) is 4.74 Å². The maximum atomic E-state index is 13.7. The van der Waals surface area contributed by atoms with Crippen molar-refractivity contribution in [2.24, 2.45) is 0 Å².